The summed E-state index contributed by atoms with van der Waals surface area (Å²) in [5.74, 6) is 1.44. The van der Waals surface area contributed by atoms with Crippen molar-refractivity contribution in [3.05, 3.63) is 47.4 Å². The molecular weight excluding hydrogens is 230 g/mol. The standard InChI is InChI=1S/C14H15NO3/c1-3-9-5-7-13(18-9)14(16)11-8-10(17-2)4-6-12(11)15/h4-8H,3,15H2,1-2H3. The van der Waals surface area contributed by atoms with Crippen molar-refractivity contribution in [2.24, 2.45) is 0 Å². The van der Waals surface area contributed by atoms with Gasteiger partial charge in [-0.15, -0.1) is 0 Å². The summed E-state index contributed by atoms with van der Waals surface area (Å²) in [5, 5.41) is 0. The van der Waals surface area contributed by atoms with Gasteiger partial charge in [-0.3, -0.25) is 4.79 Å². The molecule has 18 heavy (non-hydrogen) atoms. The average molecular weight is 245 g/mol. The lowest BCUT2D eigenvalue weighted by atomic mass is 10.1. The van der Waals surface area contributed by atoms with Crippen LogP contribution in [-0.4, -0.2) is 12.9 Å². The predicted molar refractivity (Wildman–Crippen MR) is 68.9 cm³/mol. The Balaban J connectivity index is 2.38. The lowest BCUT2D eigenvalue weighted by Gasteiger charge is -2.05. The fraction of sp³-hybridized carbons (Fsp3) is 0.214. The normalized spacial score (nSPS) is 10.3. The van der Waals surface area contributed by atoms with E-state index < -0.39 is 0 Å². The molecule has 2 N–H and O–H groups in total. The zero-order chi connectivity index (χ0) is 13.1. The molecule has 0 bridgehead atoms. The van der Waals surface area contributed by atoms with Gasteiger partial charge in [-0.2, -0.15) is 0 Å². The van der Waals surface area contributed by atoms with E-state index in [1.54, 1.807) is 37.4 Å². The molecule has 2 aromatic rings. The van der Waals surface area contributed by atoms with Crippen molar-refractivity contribution in [3.63, 3.8) is 0 Å². The summed E-state index contributed by atoms with van der Waals surface area (Å²) >= 11 is 0. The number of methoxy groups -OCH3 is 1. The minimum atomic E-state index is -0.230. The SMILES string of the molecule is CCc1ccc(C(=O)c2cc(OC)ccc2N)o1. The number of benzene rings is 1. The average Bonchev–Trinajstić information content (AvgIpc) is 2.87. The van der Waals surface area contributed by atoms with Crippen molar-refractivity contribution in [1.29, 1.82) is 0 Å². The Morgan fingerprint density at radius 2 is 2.11 bits per heavy atom. The molecule has 0 unspecified atom stereocenters. The van der Waals surface area contributed by atoms with Crippen LogP contribution in [0.3, 0.4) is 0 Å². The third-order valence-electron chi connectivity index (χ3n) is 2.74. The van der Waals surface area contributed by atoms with Crippen LogP contribution in [0.2, 0.25) is 0 Å². The minimum absolute atomic E-state index is 0.230. The molecule has 1 heterocycles. The van der Waals surface area contributed by atoms with Gasteiger partial charge < -0.3 is 14.9 Å². The Morgan fingerprint density at radius 3 is 2.72 bits per heavy atom. The van der Waals surface area contributed by atoms with Crippen LogP contribution in [0, 0.1) is 0 Å². The topological polar surface area (TPSA) is 65.5 Å². The molecule has 0 aliphatic heterocycles. The number of carbonyl (C=O) groups excluding carboxylic acids is 1. The van der Waals surface area contributed by atoms with E-state index in [1.165, 1.54) is 0 Å². The number of hydrogen-bond acceptors (Lipinski definition) is 4. The molecule has 0 aliphatic carbocycles. The first-order valence-corrected chi connectivity index (χ1v) is 5.72. The zero-order valence-electron chi connectivity index (χ0n) is 10.4. The number of aryl methyl sites for hydroxylation is 1. The van der Waals surface area contributed by atoms with E-state index in [2.05, 4.69) is 0 Å². The number of nitrogens with two attached hydrogens (primary N) is 1. The van der Waals surface area contributed by atoms with Crippen LogP contribution in [0.1, 0.15) is 28.8 Å². The smallest absolute Gasteiger partial charge is 0.230 e. The van der Waals surface area contributed by atoms with Gasteiger partial charge in [0, 0.05) is 12.1 Å². The molecule has 1 aromatic carbocycles. The molecule has 94 valence electrons. The van der Waals surface area contributed by atoms with Gasteiger partial charge in [-0.25, -0.2) is 0 Å². The summed E-state index contributed by atoms with van der Waals surface area (Å²) in [6.45, 7) is 1.97. The number of ether oxygens (including phenoxy) is 1. The number of nitrogen functional groups attached to an aromatic ring is 1. The van der Waals surface area contributed by atoms with Crippen molar-refractivity contribution in [2.75, 3.05) is 12.8 Å². The fourth-order valence-corrected chi connectivity index (χ4v) is 1.68. The molecule has 4 nitrogen and oxygen atoms in total. The molecule has 0 radical (unpaired) electrons. The second-order valence-corrected chi connectivity index (χ2v) is 3.90. The maximum atomic E-state index is 12.2. The van der Waals surface area contributed by atoms with Crippen molar-refractivity contribution < 1.29 is 13.9 Å². The number of rotatable bonds is 4. The summed E-state index contributed by atoms with van der Waals surface area (Å²) in [6, 6.07) is 8.44. The van der Waals surface area contributed by atoms with E-state index in [0.29, 0.717) is 22.8 Å². The van der Waals surface area contributed by atoms with Crippen LogP contribution in [0.5, 0.6) is 5.75 Å². The molecule has 2 rings (SSSR count). The summed E-state index contributed by atoms with van der Waals surface area (Å²) in [7, 11) is 1.54. The van der Waals surface area contributed by atoms with Crippen molar-refractivity contribution in [1.82, 2.24) is 0 Å². The summed E-state index contributed by atoms with van der Waals surface area (Å²) < 4.78 is 10.5. The fourth-order valence-electron chi connectivity index (χ4n) is 1.68. The summed E-state index contributed by atoms with van der Waals surface area (Å²) in [6.07, 6.45) is 0.751. The van der Waals surface area contributed by atoms with Crippen LogP contribution in [0.15, 0.2) is 34.7 Å². The first kappa shape index (κ1) is 12.2. The maximum Gasteiger partial charge on any atom is 0.230 e. The van der Waals surface area contributed by atoms with Gasteiger partial charge >= 0.3 is 0 Å². The predicted octanol–water partition coefficient (Wildman–Crippen LogP) is 2.66. The molecular formula is C14H15NO3. The lowest BCUT2D eigenvalue weighted by molar-refractivity contribution is 0.101. The van der Waals surface area contributed by atoms with Gasteiger partial charge in [0.15, 0.2) is 5.76 Å². The molecule has 0 saturated heterocycles. The first-order chi connectivity index (χ1) is 8.65. The van der Waals surface area contributed by atoms with Gasteiger partial charge in [0.05, 0.1) is 12.7 Å². The third-order valence-corrected chi connectivity index (χ3v) is 2.74. The van der Waals surface area contributed by atoms with Crippen LogP contribution >= 0.6 is 0 Å². The quantitative estimate of drug-likeness (QED) is 0.664. The number of furan rings is 1. The van der Waals surface area contributed by atoms with Crippen LogP contribution in [0.4, 0.5) is 5.69 Å². The molecule has 1 aromatic heterocycles. The highest BCUT2D eigenvalue weighted by Gasteiger charge is 2.16. The Labute approximate surface area is 105 Å². The second-order valence-electron chi connectivity index (χ2n) is 3.90. The van der Waals surface area contributed by atoms with E-state index in [9.17, 15) is 4.79 Å². The number of hydrogen-bond donors (Lipinski definition) is 1. The van der Waals surface area contributed by atoms with Crippen LogP contribution in [-0.2, 0) is 6.42 Å². The Hall–Kier alpha value is -2.23. The highest BCUT2D eigenvalue weighted by molar-refractivity contribution is 6.10. The molecule has 0 amide bonds. The summed E-state index contributed by atoms with van der Waals surface area (Å²) in [4.78, 5) is 12.2. The molecule has 0 saturated carbocycles. The molecule has 0 fully saturated rings. The van der Waals surface area contributed by atoms with Crippen LogP contribution < -0.4 is 10.5 Å². The van der Waals surface area contributed by atoms with E-state index in [1.807, 2.05) is 6.92 Å². The lowest BCUT2D eigenvalue weighted by Crippen LogP contribution is -2.04. The molecule has 0 aliphatic rings. The monoisotopic (exact) mass is 245 g/mol. The number of anilines is 1. The molecule has 0 atom stereocenters. The molecule has 0 spiro atoms. The minimum Gasteiger partial charge on any atom is -0.497 e. The second kappa shape index (κ2) is 4.96. The third kappa shape index (κ3) is 2.22. The van der Waals surface area contributed by atoms with Gasteiger partial charge in [0.1, 0.15) is 11.5 Å². The van der Waals surface area contributed by atoms with E-state index in [0.717, 1.165) is 12.2 Å². The Kier molecular flexibility index (Phi) is 3.37. The van der Waals surface area contributed by atoms with E-state index >= 15 is 0 Å². The van der Waals surface area contributed by atoms with Crippen molar-refractivity contribution in [3.8, 4) is 5.75 Å². The maximum absolute atomic E-state index is 12.2. The van der Waals surface area contributed by atoms with Gasteiger partial charge in [0.2, 0.25) is 5.78 Å². The van der Waals surface area contributed by atoms with Gasteiger partial charge in [0.25, 0.3) is 0 Å². The van der Waals surface area contributed by atoms with Crippen molar-refractivity contribution >= 4 is 11.5 Å². The van der Waals surface area contributed by atoms with Crippen molar-refractivity contribution in [2.45, 2.75) is 13.3 Å². The number of carbonyl (C=O) groups is 1. The largest absolute Gasteiger partial charge is 0.497 e. The first-order valence-electron chi connectivity index (χ1n) is 5.72. The summed E-state index contributed by atoms with van der Waals surface area (Å²) in [5.41, 5.74) is 6.61. The van der Waals surface area contributed by atoms with Gasteiger partial charge in [-0.05, 0) is 30.3 Å². The van der Waals surface area contributed by atoms with Gasteiger partial charge in [-0.1, -0.05) is 6.92 Å². The van der Waals surface area contributed by atoms with E-state index in [4.69, 9.17) is 14.9 Å². The Morgan fingerprint density at radius 1 is 1.33 bits per heavy atom. The highest BCUT2D eigenvalue weighted by atomic mass is 16.5. The molecule has 4 heteroatoms. The number of ketones is 1. The Bertz CT molecular complexity index is 572. The van der Waals surface area contributed by atoms with E-state index in [-0.39, 0.29) is 5.78 Å². The van der Waals surface area contributed by atoms with Crippen LogP contribution in [0.25, 0.3) is 0 Å². The highest BCUT2D eigenvalue weighted by Crippen LogP contribution is 2.23. The zero-order valence-corrected chi connectivity index (χ0v) is 10.4.